The third-order valence-electron chi connectivity index (χ3n) is 3.48. The van der Waals surface area contributed by atoms with E-state index in [1.165, 1.54) is 0 Å². The van der Waals surface area contributed by atoms with Crippen LogP contribution in [0.3, 0.4) is 0 Å². The SMILES string of the molecule is CCOc1cc(-c2nc(N)c3c(n2)CCC3)ccc1O. The molecule has 5 nitrogen and oxygen atoms in total. The van der Waals surface area contributed by atoms with Gasteiger partial charge in [0, 0.05) is 16.8 Å². The Hall–Kier alpha value is -2.30. The van der Waals surface area contributed by atoms with Crippen molar-refractivity contribution >= 4 is 5.82 Å². The van der Waals surface area contributed by atoms with Crippen molar-refractivity contribution in [3.8, 4) is 22.9 Å². The molecule has 0 fully saturated rings. The molecule has 1 aliphatic carbocycles. The summed E-state index contributed by atoms with van der Waals surface area (Å²) < 4.78 is 5.38. The Morgan fingerprint density at radius 3 is 2.95 bits per heavy atom. The molecule has 0 spiro atoms. The first-order chi connectivity index (χ1) is 9.69. The normalized spacial score (nSPS) is 13.2. The molecule has 1 aromatic carbocycles. The van der Waals surface area contributed by atoms with Crippen LogP contribution < -0.4 is 10.5 Å². The number of nitrogens with zero attached hydrogens (tertiary/aromatic N) is 2. The second kappa shape index (κ2) is 5.00. The minimum atomic E-state index is 0.115. The second-order valence-electron chi connectivity index (χ2n) is 4.83. The maximum absolute atomic E-state index is 9.73. The van der Waals surface area contributed by atoms with Crippen molar-refractivity contribution in [2.75, 3.05) is 12.3 Å². The van der Waals surface area contributed by atoms with Crippen LogP contribution in [-0.2, 0) is 12.8 Å². The van der Waals surface area contributed by atoms with Gasteiger partial charge >= 0.3 is 0 Å². The number of nitrogens with two attached hydrogens (primary N) is 1. The third-order valence-corrected chi connectivity index (χ3v) is 3.48. The smallest absolute Gasteiger partial charge is 0.161 e. The summed E-state index contributed by atoms with van der Waals surface area (Å²) in [5.41, 5.74) is 8.93. The molecule has 0 saturated heterocycles. The molecule has 0 saturated carbocycles. The van der Waals surface area contributed by atoms with Gasteiger partial charge in [-0.2, -0.15) is 0 Å². The molecule has 0 atom stereocenters. The molecule has 1 aliphatic rings. The first-order valence-corrected chi connectivity index (χ1v) is 6.80. The van der Waals surface area contributed by atoms with E-state index in [1.54, 1.807) is 18.2 Å². The van der Waals surface area contributed by atoms with Gasteiger partial charge in [-0.1, -0.05) is 0 Å². The predicted octanol–water partition coefficient (Wildman–Crippen LogP) is 2.32. The van der Waals surface area contributed by atoms with E-state index in [2.05, 4.69) is 9.97 Å². The number of nitrogen functional groups attached to an aromatic ring is 1. The fraction of sp³-hybridized carbons (Fsp3) is 0.333. The maximum atomic E-state index is 9.73. The lowest BCUT2D eigenvalue weighted by Gasteiger charge is -2.09. The summed E-state index contributed by atoms with van der Waals surface area (Å²) in [6.07, 6.45) is 2.99. The quantitative estimate of drug-likeness (QED) is 0.895. The van der Waals surface area contributed by atoms with Gasteiger partial charge in [-0.25, -0.2) is 9.97 Å². The lowest BCUT2D eigenvalue weighted by atomic mass is 10.1. The molecule has 1 aromatic heterocycles. The average Bonchev–Trinajstić information content (AvgIpc) is 2.90. The van der Waals surface area contributed by atoms with Crippen LogP contribution in [0.2, 0.25) is 0 Å². The second-order valence-corrected chi connectivity index (χ2v) is 4.83. The van der Waals surface area contributed by atoms with Crippen molar-refractivity contribution in [2.45, 2.75) is 26.2 Å². The molecular weight excluding hydrogens is 254 g/mol. The predicted molar refractivity (Wildman–Crippen MR) is 76.7 cm³/mol. The van der Waals surface area contributed by atoms with Gasteiger partial charge in [-0.3, -0.25) is 0 Å². The number of anilines is 1. The maximum Gasteiger partial charge on any atom is 0.161 e. The molecular formula is C15H17N3O2. The Bertz CT molecular complexity index is 656. The summed E-state index contributed by atoms with van der Waals surface area (Å²) in [6, 6.07) is 5.11. The number of hydrogen-bond acceptors (Lipinski definition) is 5. The number of ether oxygens (including phenoxy) is 1. The average molecular weight is 271 g/mol. The van der Waals surface area contributed by atoms with Crippen molar-refractivity contribution in [1.29, 1.82) is 0 Å². The van der Waals surface area contributed by atoms with E-state index in [-0.39, 0.29) is 5.75 Å². The van der Waals surface area contributed by atoms with E-state index >= 15 is 0 Å². The van der Waals surface area contributed by atoms with Crippen LogP contribution >= 0.6 is 0 Å². The first kappa shape index (κ1) is 12.7. The fourth-order valence-corrected chi connectivity index (χ4v) is 2.51. The Morgan fingerprint density at radius 1 is 1.30 bits per heavy atom. The number of fused-ring (bicyclic) bond motifs is 1. The van der Waals surface area contributed by atoms with Crippen LogP contribution in [0.4, 0.5) is 5.82 Å². The van der Waals surface area contributed by atoms with E-state index in [1.807, 2.05) is 6.92 Å². The Labute approximate surface area is 117 Å². The standard InChI is InChI=1S/C15H17N3O2/c1-2-20-13-8-9(6-7-12(13)19)15-17-11-5-3-4-10(11)14(16)18-15/h6-8,19H,2-5H2,1H3,(H2,16,17,18). The van der Waals surface area contributed by atoms with Crippen LogP contribution in [0, 0.1) is 0 Å². The highest BCUT2D eigenvalue weighted by Gasteiger charge is 2.18. The molecule has 3 rings (SSSR count). The lowest BCUT2D eigenvalue weighted by Crippen LogP contribution is -2.03. The minimum Gasteiger partial charge on any atom is -0.504 e. The summed E-state index contributed by atoms with van der Waals surface area (Å²) in [4.78, 5) is 8.96. The zero-order valence-corrected chi connectivity index (χ0v) is 11.4. The summed E-state index contributed by atoms with van der Waals surface area (Å²) in [6.45, 7) is 2.36. The Morgan fingerprint density at radius 2 is 2.15 bits per heavy atom. The highest BCUT2D eigenvalue weighted by molar-refractivity contribution is 5.63. The van der Waals surface area contributed by atoms with Gasteiger partial charge in [0.15, 0.2) is 17.3 Å². The van der Waals surface area contributed by atoms with Crippen LogP contribution in [0.15, 0.2) is 18.2 Å². The molecule has 0 amide bonds. The molecule has 0 radical (unpaired) electrons. The van der Waals surface area contributed by atoms with Gasteiger partial charge in [0.2, 0.25) is 0 Å². The summed E-state index contributed by atoms with van der Waals surface area (Å²) in [7, 11) is 0. The van der Waals surface area contributed by atoms with Crippen molar-refractivity contribution in [2.24, 2.45) is 0 Å². The number of aromatic hydroxyl groups is 1. The zero-order chi connectivity index (χ0) is 14.1. The molecule has 0 aliphatic heterocycles. The highest BCUT2D eigenvalue weighted by Crippen LogP contribution is 2.32. The number of rotatable bonds is 3. The molecule has 20 heavy (non-hydrogen) atoms. The lowest BCUT2D eigenvalue weighted by molar-refractivity contribution is 0.318. The van der Waals surface area contributed by atoms with Crippen molar-refractivity contribution in [3.05, 3.63) is 29.5 Å². The zero-order valence-electron chi connectivity index (χ0n) is 11.4. The third kappa shape index (κ3) is 2.15. The number of aromatic nitrogens is 2. The molecule has 104 valence electrons. The number of phenols is 1. The van der Waals surface area contributed by atoms with Crippen LogP contribution in [0.1, 0.15) is 24.6 Å². The van der Waals surface area contributed by atoms with Crippen LogP contribution in [-0.4, -0.2) is 21.7 Å². The van der Waals surface area contributed by atoms with Crippen LogP contribution in [0.5, 0.6) is 11.5 Å². The topological polar surface area (TPSA) is 81.3 Å². The van der Waals surface area contributed by atoms with E-state index in [4.69, 9.17) is 10.5 Å². The minimum absolute atomic E-state index is 0.115. The Kier molecular flexibility index (Phi) is 3.18. The summed E-state index contributed by atoms with van der Waals surface area (Å²) in [5.74, 6) is 1.70. The van der Waals surface area contributed by atoms with Crippen molar-refractivity contribution in [1.82, 2.24) is 9.97 Å². The molecule has 0 unspecified atom stereocenters. The summed E-state index contributed by atoms with van der Waals surface area (Å²) >= 11 is 0. The van der Waals surface area contributed by atoms with E-state index in [0.29, 0.717) is 24.0 Å². The number of aryl methyl sites for hydroxylation is 1. The fourth-order valence-electron chi connectivity index (χ4n) is 2.51. The van der Waals surface area contributed by atoms with E-state index < -0.39 is 0 Å². The van der Waals surface area contributed by atoms with Gasteiger partial charge in [0.25, 0.3) is 0 Å². The number of benzene rings is 1. The first-order valence-electron chi connectivity index (χ1n) is 6.80. The summed E-state index contributed by atoms with van der Waals surface area (Å²) in [5, 5.41) is 9.73. The highest BCUT2D eigenvalue weighted by atomic mass is 16.5. The van der Waals surface area contributed by atoms with Gasteiger partial charge in [0.05, 0.1) is 6.61 Å². The number of phenolic OH excluding ortho intramolecular Hbond substituents is 1. The van der Waals surface area contributed by atoms with Crippen molar-refractivity contribution in [3.63, 3.8) is 0 Å². The van der Waals surface area contributed by atoms with Gasteiger partial charge in [0.1, 0.15) is 5.82 Å². The molecule has 0 bridgehead atoms. The van der Waals surface area contributed by atoms with Gasteiger partial charge in [-0.15, -0.1) is 0 Å². The van der Waals surface area contributed by atoms with E-state index in [0.717, 1.165) is 36.1 Å². The van der Waals surface area contributed by atoms with Crippen LogP contribution in [0.25, 0.3) is 11.4 Å². The van der Waals surface area contributed by atoms with E-state index in [9.17, 15) is 5.11 Å². The molecule has 1 heterocycles. The van der Waals surface area contributed by atoms with Crippen molar-refractivity contribution < 1.29 is 9.84 Å². The number of hydrogen-bond donors (Lipinski definition) is 2. The van der Waals surface area contributed by atoms with Gasteiger partial charge in [-0.05, 0) is 44.4 Å². The monoisotopic (exact) mass is 271 g/mol. The Balaban J connectivity index is 2.05. The molecule has 2 aromatic rings. The largest absolute Gasteiger partial charge is 0.504 e. The molecule has 5 heteroatoms. The van der Waals surface area contributed by atoms with Gasteiger partial charge < -0.3 is 15.6 Å². The molecule has 3 N–H and O–H groups in total.